The fourth-order valence-electron chi connectivity index (χ4n) is 2.66. The molecule has 0 unspecified atom stereocenters. The minimum absolute atomic E-state index is 0.00567. The Labute approximate surface area is 178 Å². The summed E-state index contributed by atoms with van der Waals surface area (Å²) < 4.78 is 80.3. The van der Waals surface area contributed by atoms with Crippen LogP contribution in [0, 0.1) is 11.6 Å². The lowest BCUT2D eigenvalue weighted by Crippen LogP contribution is -2.38. The Morgan fingerprint density at radius 3 is 2.32 bits per heavy atom. The molecule has 1 aromatic carbocycles. The molecule has 1 heterocycles. The largest absolute Gasteiger partial charge is 0.399 e. The molecule has 0 N–H and O–H groups in total. The van der Waals surface area contributed by atoms with E-state index < -0.39 is 49.6 Å². The molecular weight excluding hydrogens is 458 g/mol. The molecule has 1 saturated carbocycles. The van der Waals surface area contributed by atoms with Gasteiger partial charge in [-0.05, 0) is 25.0 Å². The van der Waals surface area contributed by atoms with E-state index >= 15 is 0 Å². The van der Waals surface area contributed by atoms with Crippen molar-refractivity contribution in [2.24, 2.45) is 5.16 Å². The van der Waals surface area contributed by atoms with E-state index in [0.717, 1.165) is 27.1 Å². The number of halogens is 2. The van der Waals surface area contributed by atoms with Crippen LogP contribution in [-0.2, 0) is 25.1 Å². The number of benzene rings is 1. The van der Waals surface area contributed by atoms with E-state index in [-0.39, 0.29) is 11.3 Å². The Morgan fingerprint density at radius 1 is 1.19 bits per heavy atom. The van der Waals surface area contributed by atoms with Crippen LogP contribution in [0.4, 0.5) is 8.78 Å². The summed E-state index contributed by atoms with van der Waals surface area (Å²) in [5.41, 5.74) is -0.0504. The Kier molecular flexibility index (Phi) is 6.40. The molecule has 0 atom stereocenters. The van der Waals surface area contributed by atoms with E-state index in [9.17, 15) is 25.6 Å². The Morgan fingerprint density at radius 2 is 1.81 bits per heavy atom. The van der Waals surface area contributed by atoms with Gasteiger partial charge in [-0.3, -0.25) is 0 Å². The van der Waals surface area contributed by atoms with Gasteiger partial charge in [0.2, 0.25) is 0 Å². The topological polar surface area (TPSA) is 127 Å². The van der Waals surface area contributed by atoms with E-state index in [4.69, 9.17) is 4.84 Å². The van der Waals surface area contributed by atoms with Crippen LogP contribution in [0.5, 0.6) is 0 Å². The highest BCUT2D eigenvalue weighted by atomic mass is 32.2. The predicted octanol–water partition coefficient (Wildman–Crippen LogP) is 0.415. The van der Waals surface area contributed by atoms with Crippen molar-refractivity contribution in [1.82, 2.24) is 22.8 Å². The number of hydrogen-bond donors (Lipinski definition) is 0. The van der Waals surface area contributed by atoms with Crippen molar-refractivity contribution in [1.29, 1.82) is 0 Å². The third kappa shape index (κ3) is 4.89. The zero-order chi connectivity index (χ0) is 23.0. The number of sulfonamides is 1. The predicted molar refractivity (Wildman–Crippen MR) is 105 cm³/mol. The van der Waals surface area contributed by atoms with Gasteiger partial charge in [0.25, 0.3) is 15.2 Å². The molecule has 1 aromatic heterocycles. The number of nitrogens with zero attached hydrogens (tertiary/aromatic N) is 6. The average molecular weight is 479 g/mol. The second-order valence-electron chi connectivity index (χ2n) is 6.85. The van der Waals surface area contributed by atoms with Crippen LogP contribution in [0.3, 0.4) is 0 Å². The molecule has 0 bridgehead atoms. The molecule has 0 aliphatic heterocycles. The van der Waals surface area contributed by atoms with E-state index in [0.29, 0.717) is 23.0 Å². The van der Waals surface area contributed by atoms with Gasteiger partial charge in [0.1, 0.15) is 30.8 Å². The highest BCUT2D eigenvalue weighted by Crippen LogP contribution is 2.31. The van der Waals surface area contributed by atoms with Crippen LogP contribution in [0.25, 0.3) is 0 Å². The second-order valence-corrected chi connectivity index (χ2v) is 10.6. The average Bonchev–Trinajstić information content (AvgIpc) is 3.36. The molecule has 1 aliphatic carbocycles. The zero-order valence-corrected chi connectivity index (χ0v) is 18.4. The van der Waals surface area contributed by atoms with Crippen molar-refractivity contribution in [3.05, 3.63) is 41.7 Å². The lowest BCUT2D eigenvalue weighted by atomic mass is 10.1. The van der Waals surface area contributed by atoms with E-state index in [1.807, 2.05) is 0 Å². The van der Waals surface area contributed by atoms with Crippen molar-refractivity contribution >= 4 is 25.9 Å². The molecule has 0 saturated heterocycles. The first-order chi connectivity index (χ1) is 14.5. The van der Waals surface area contributed by atoms with Gasteiger partial charge in [-0.15, -0.1) is 9.19 Å². The molecule has 3 rings (SSSR count). The van der Waals surface area contributed by atoms with Crippen molar-refractivity contribution in [2.75, 3.05) is 27.7 Å². The Bertz CT molecular complexity index is 1190. The fraction of sp³-hybridized carbons (Fsp3) is 0.438. The highest BCUT2D eigenvalue weighted by Gasteiger charge is 2.41. The highest BCUT2D eigenvalue weighted by molar-refractivity contribution is 7.89. The molecule has 170 valence electrons. The van der Waals surface area contributed by atoms with E-state index in [1.54, 1.807) is 0 Å². The number of rotatable bonds is 9. The van der Waals surface area contributed by atoms with Crippen LogP contribution < -0.4 is 0 Å². The first-order valence-corrected chi connectivity index (χ1v) is 11.7. The maximum absolute atomic E-state index is 13.7. The summed E-state index contributed by atoms with van der Waals surface area (Å²) in [6, 6.07) is 2.23. The van der Waals surface area contributed by atoms with Gasteiger partial charge in [0, 0.05) is 31.8 Å². The van der Waals surface area contributed by atoms with Gasteiger partial charge in [-0.25, -0.2) is 22.2 Å². The van der Waals surface area contributed by atoms with E-state index in [1.165, 1.54) is 21.2 Å². The SMILES string of the molecule is CO/N=C(\CN(C1CC1)S(=O)(=O)c1ncn(S(=O)(=O)N(C)C)n1)c1cc(F)cc(F)c1. The smallest absolute Gasteiger partial charge is 0.323 e. The molecule has 0 spiro atoms. The maximum atomic E-state index is 13.7. The summed E-state index contributed by atoms with van der Waals surface area (Å²) in [7, 11) is -4.70. The molecule has 11 nitrogen and oxygen atoms in total. The van der Waals surface area contributed by atoms with Gasteiger partial charge in [0.05, 0.1) is 6.54 Å². The molecule has 1 fully saturated rings. The molecule has 31 heavy (non-hydrogen) atoms. The van der Waals surface area contributed by atoms with Crippen LogP contribution >= 0.6 is 0 Å². The number of aromatic nitrogens is 3. The lowest BCUT2D eigenvalue weighted by Gasteiger charge is -2.21. The van der Waals surface area contributed by atoms with Gasteiger partial charge >= 0.3 is 10.2 Å². The van der Waals surface area contributed by atoms with Crippen molar-refractivity contribution in [2.45, 2.75) is 24.0 Å². The van der Waals surface area contributed by atoms with Gasteiger partial charge in [-0.1, -0.05) is 5.16 Å². The van der Waals surface area contributed by atoms with E-state index in [2.05, 4.69) is 15.2 Å². The third-order valence-corrected chi connectivity index (χ3v) is 7.61. The lowest BCUT2D eigenvalue weighted by molar-refractivity contribution is 0.212. The van der Waals surface area contributed by atoms with Gasteiger partial charge in [-0.2, -0.15) is 17.0 Å². The summed E-state index contributed by atoms with van der Waals surface area (Å²) >= 11 is 0. The van der Waals surface area contributed by atoms with Gasteiger partial charge < -0.3 is 4.84 Å². The van der Waals surface area contributed by atoms with Crippen molar-refractivity contribution in [3.8, 4) is 0 Å². The maximum Gasteiger partial charge on any atom is 0.323 e. The number of oxime groups is 1. The molecule has 0 radical (unpaired) electrons. The summed E-state index contributed by atoms with van der Waals surface area (Å²) in [4.78, 5) is 8.38. The summed E-state index contributed by atoms with van der Waals surface area (Å²) in [6.45, 7) is -0.390. The monoisotopic (exact) mass is 478 g/mol. The molecule has 1 aliphatic rings. The number of hydrogen-bond acceptors (Lipinski definition) is 8. The van der Waals surface area contributed by atoms with Crippen LogP contribution in [0.1, 0.15) is 18.4 Å². The molecule has 15 heteroatoms. The van der Waals surface area contributed by atoms with Crippen LogP contribution in [-0.4, -0.2) is 79.1 Å². The summed E-state index contributed by atoms with van der Waals surface area (Å²) in [5.74, 6) is -1.73. The second kappa shape index (κ2) is 8.57. The van der Waals surface area contributed by atoms with Crippen LogP contribution in [0.2, 0.25) is 0 Å². The first kappa shape index (κ1) is 23.2. The normalized spacial score (nSPS) is 15.6. The quantitative estimate of drug-likeness (QED) is 0.377. The molecule has 0 amide bonds. The molecular formula is C16H20F2N6O5S2. The fourth-order valence-corrected chi connectivity index (χ4v) is 4.87. The first-order valence-electron chi connectivity index (χ1n) is 8.90. The standard InChI is InChI=1S/C16H20F2N6O5S2/c1-22(2)31(27,28)24-10-19-16(20-24)30(25,26)23(14-4-5-14)9-15(21-29-3)11-6-12(17)8-13(18)7-11/h6-8,10,14H,4-5,9H2,1-3H3/b21-15+. The Hall–Kier alpha value is -2.49. The van der Waals surface area contributed by atoms with Crippen molar-refractivity contribution < 1.29 is 30.5 Å². The summed E-state index contributed by atoms with van der Waals surface area (Å²) in [5, 5.41) is 6.62. The van der Waals surface area contributed by atoms with Crippen molar-refractivity contribution in [3.63, 3.8) is 0 Å². The Balaban J connectivity index is 1.98. The minimum Gasteiger partial charge on any atom is -0.399 e. The van der Waals surface area contributed by atoms with Crippen LogP contribution in [0.15, 0.2) is 34.8 Å². The van der Waals surface area contributed by atoms with Gasteiger partial charge in [0.15, 0.2) is 0 Å². The molecule has 2 aromatic rings. The minimum atomic E-state index is -4.36. The third-order valence-electron chi connectivity index (χ3n) is 4.35. The zero-order valence-electron chi connectivity index (χ0n) is 16.8. The summed E-state index contributed by atoms with van der Waals surface area (Å²) in [6.07, 6.45) is 1.85.